The molecular formula is C22H26N2O5. The molecular weight excluding hydrogens is 372 g/mol. The van der Waals surface area contributed by atoms with Crippen molar-refractivity contribution in [3.05, 3.63) is 53.6 Å². The summed E-state index contributed by atoms with van der Waals surface area (Å²) in [5.41, 5.74) is 2.63. The van der Waals surface area contributed by atoms with Gasteiger partial charge in [-0.3, -0.25) is 4.79 Å². The molecule has 154 valence electrons. The van der Waals surface area contributed by atoms with Crippen LogP contribution in [0.3, 0.4) is 0 Å². The maximum atomic E-state index is 12.2. The lowest BCUT2D eigenvalue weighted by atomic mass is 10.2. The Kier molecular flexibility index (Phi) is 6.94. The molecule has 1 amide bonds. The lowest BCUT2D eigenvalue weighted by Crippen LogP contribution is -2.36. The molecule has 0 unspecified atom stereocenters. The van der Waals surface area contributed by atoms with Crippen LogP contribution in [0.2, 0.25) is 0 Å². The van der Waals surface area contributed by atoms with Crippen LogP contribution in [0.4, 0.5) is 5.69 Å². The topological polar surface area (TPSA) is 77.1 Å². The molecule has 1 heterocycles. The van der Waals surface area contributed by atoms with Crippen molar-refractivity contribution in [2.75, 3.05) is 44.4 Å². The third-order valence-corrected chi connectivity index (χ3v) is 4.56. The molecule has 7 heteroatoms. The lowest BCUT2D eigenvalue weighted by Gasteiger charge is -2.23. The normalized spacial score (nSPS) is 12.2. The summed E-state index contributed by atoms with van der Waals surface area (Å²) in [6.07, 6.45) is 0. The van der Waals surface area contributed by atoms with Gasteiger partial charge >= 0.3 is 5.97 Å². The second-order valence-electron chi connectivity index (χ2n) is 6.70. The van der Waals surface area contributed by atoms with Crippen LogP contribution < -0.4 is 19.7 Å². The maximum Gasteiger partial charge on any atom is 0.338 e. The molecule has 0 atom stereocenters. The molecule has 2 aromatic carbocycles. The zero-order valence-corrected chi connectivity index (χ0v) is 16.8. The third kappa shape index (κ3) is 5.63. The highest BCUT2D eigenvalue weighted by Gasteiger charge is 2.16. The smallest absolute Gasteiger partial charge is 0.338 e. The molecule has 7 nitrogen and oxygen atoms in total. The number of nitrogens with one attached hydrogen (secondary N) is 1. The first-order chi connectivity index (χ1) is 14.1. The summed E-state index contributed by atoms with van der Waals surface area (Å²) in [4.78, 5) is 26.4. The van der Waals surface area contributed by atoms with Crippen molar-refractivity contribution in [1.29, 1.82) is 0 Å². The molecule has 1 N–H and O–H groups in total. The van der Waals surface area contributed by atoms with Gasteiger partial charge in [0.15, 0.2) is 18.1 Å². The van der Waals surface area contributed by atoms with E-state index in [1.165, 1.54) is 5.56 Å². The molecule has 29 heavy (non-hydrogen) atoms. The summed E-state index contributed by atoms with van der Waals surface area (Å²) >= 11 is 0. The first-order valence-corrected chi connectivity index (χ1v) is 9.72. The molecule has 1 aliphatic rings. The maximum absolute atomic E-state index is 12.2. The van der Waals surface area contributed by atoms with Crippen molar-refractivity contribution < 1.29 is 23.8 Å². The van der Waals surface area contributed by atoms with Gasteiger partial charge in [-0.1, -0.05) is 12.1 Å². The Morgan fingerprint density at radius 3 is 2.66 bits per heavy atom. The highest BCUT2D eigenvalue weighted by molar-refractivity contribution is 5.92. The molecule has 0 spiro atoms. The first kappa shape index (κ1) is 20.5. The number of aryl methyl sites for hydroxylation is 1. The number of hydrogen-bond acceptors (Lipinski definition) is 6. The average molecular weight is 398 g/mol. The molecule has 0 saturated heterocycles. The average Bonchev–Trinajstić information content (AvgIpc) is 2.74. The molecule has 0 radical (unpaired) electrons. The molecule has 3 rings (SSSR count). The molecule has 1 aliphatic heterocycles. The van der Waals surface area contributed by atoms with Crippen LogP contribution in [-0.4, -0.2) is 51.3 Å². The number of amides is 1. The minimum Gasteiger partial charge on any atom is -0.486 e. The van der Waals surface area contributed by atoms with E-state index < -0.39 is 5.97 Å². The summed E-state index contributed by atoms with van der Waals surface area (Å²) in [6, 6.07) is 13.0. The standard InChI is InChI=1S/C22H26N2O5/c1-3-24(18-6-4-5-16(2)13-18)10-9-23-21(25)15-29-22(26)17-7-8-19-20(14-17)28-12-11-27-19/h4-8,13-14H,3,9-12,15H2,1-2H3,(H,23,25). The number of likely N-dealkylation sites (N-methyl/N-ethyl adjacent to an activating group) is 1. The first-order valence-electron chi connectivity index (χ1n) is 9.72. The van der Waals surface area contributed by atoms with Crippen molar-refractivity contribution >= 4 is 17.6 Å². The Hall–Kier alpha value is -3.22. The summed E-state index contributed by atoms with van der Waals surface area (Å²) in [5, 5.41) is 2.79. The van der Waals surface area contributed by atoms with Crippen LogP contribution in [0.15, 0.2) is 42.5 Å². The van der Waals surface area contributed by atoms with Crippen molar-refractivity contribution in [2.45, 2.75) is 13.8 Å². The van der Waals surface area contributed by atoms with E-state index >= 15 is 0 Å². The van der Waals surface area contributed by atoms with Crippen molar-refractivity contribution in [1.82, 2.24) is 5.32 Å². The molecule has 0 bridgehead atoms. The second kappa shape index (κ2) is 9.82. The van der Waals surface area contributed by atoms with Gasteiger partial charge in [0.1, 0.15) is 13.2 Å². The van der Waals surface area contributed by atoms with E-state index in [0.29, 0.717) is 43.4 Å². The summed E-state index contributed by atoms with van der Waals surface area (Å²) in [5.74, 6) is 0.189. The number of nitrogens with zero attached hydrogens (tertiary/aromatic N) is 1. The molecule has 0 aliphatic carbocycles. The monoisotopic (exact) mass is 398 g/mol. The van der Waals surface area contributed by atoms with Crippen LogP contribution >= 0.6 is 0 Å². The zero-order chi connectivity index (χ0) is 20.6. The summed E-state index contributed by atoms with van der Waals surface area (Å²) in [7, 11) is 0. The predicted octanol–water partition coefficient (Wildman–Crippen LogP) is 2.57. The van der Waals surface area contributed by atoms with Crippen LogP contribution in [0.1, 0.15) is 22.8 Å². The predicted molar refractivity (Wildman–Crippen MR) is 110 cm³/mol. The van der Waals surface area contributed by atoms with E-state index in [1.807, 2.05) is 12.1 Å². The Morgan fingerprint density at radius 1 is 1.10 bits per heavy atom. The minimum absolute atomic E-state index is 0.318. The number of benzene rings is 2. The summed E-state index contributed by atoms with van der Waals surface area (Å²) < 4.78 is 16.0. The van der Waals surface area contributed by atoms with Gasteiger partial charge in [0.05, 0.1) is 5.56 Å². The van der Waals surface area contributed by atoms with Gasteiger partial charge in [-0.25, -0.2) is 4.79 Å². The highest BCUT2D eigenvalue weighted by atomic mass is 16.6. The van der Waals surface area contributed by atoms with Crippen molar-refractivity contribution in [2.24, 2.45) is 0 Å². The minimum atomic E-state index is -0.577. The Morgan fingerprint density at radius 2 is 1.90 bits per heavy atom. The van der Waals surface area contributed by atoms with Gasteiger partial charge in [0, 0.05) is 25.3 Å². The number of ether oxygens (including phenoxy) is 3. The van der Waals surface area contributed by atoms with Gasteiger partial charge in [-0.05, 0) is 49.7 Å². The van der Waals surface area contributed by atoms with Gasteiger partial charge in [-0.2, -0.15) is 0 Å². The number of fused-ring (bicyclic) bond motifs is 1. The Bertz CT molecular complexity index is 868. The third-order valence-electron chi connectivity index (χ3n) is 4.56. The van der Waals surface area contributed by atoms with Crippen LogP contribution in [0, 0.1) is 6.92 Å². The van der Waals surface area contributed by atoms with E-state index in [0.717, 1.165) is 12.2 Å². The van der Waals surface area contributed by atoms with Gasteiger partial charge in [0.2, 0.25) is 0 Å². The number of rotatable bonds is 8. The van der Waals surface area contributed by atoms with Crippen molar-refractivity contribution in [3.63, 3.8) is 0 Å². The summed E-state index contributed by atoms with van der Waals surface area (Å²) in [6.45, 7) is 6.67. The number of hydrogen-bond donors (Lipinski definition) is 1. The van der Waals surface area contributed by atoms with Crippen LogP contribution in [0.5, 0.6) is 11.5 Å². The molecule has 0 aromatic heterocycles. The van der Waals surface area contributed by atoms with E-state index in [-0.39, 0.29) is 12.5 Å². The van der Waals surface area contributed by atoms with Crippen molar-refractivity contribution in [3.8, 4) is 11.5 Å². The second-order valence-corrected chi connectivity index (χ2v) is 6.70. The fourth-order valence-electron chi connectivity index (χ4n) is 3.06. The van der Waals surface area contributed by atoms with Crippen LogP contribution in [0.25, 0.3) is 0 Å². The molecule has 0 fully saturated rings. The fourth-order valence-corrected chi connectivity index (χ4v) is 3.06. The van der Waals surface area contributed by atoms with E-state index in [1.54, 1.807) is 18.2 Å². The van der Waals surface area contributed by atoms with Gasteiger partial charge in [-0.15, -0.1) is 0 Å². The van der Waals surface area contributed by atoms with Gasteiger partial charge < -0.3 is 24.4 Å². The Balaban J connectivity index is 1.43. The SMILES string of the molecule is CCN(CCNC(=O)COC(=O)c1ccc2c(c1)OCCO2)c1cccc(C)c1. The number of carbonyl (C=O) groups excluding carboxylic acids is 2. The molecule has 0 saturated carbocycles. The van der Waals surface area contributed by atoms with Gasteiger partial charge in [0.25, 0.3) is 5.91 Å². The molecule has 2 aromatic rings. The Labute approximate surface area is 170 Å². The largest absolute Gasteiger partial charge is 0.486 e. The number of anilines is 1. The van der Waals surface area contributed by atoms with E-state index in [9.17, 15) is 9.59 Å². The lowest BCUT2D eigenvalue weighted by molar-refractivity contribution is -0.124. The quantitative estimate of drug-likeness (QED) is 0.689. The highest BCUT2D eigenvalue weighted by Crippen LogP contribution is 2.30. The van der Waals surface area contributed by atoms with E-state index in [4.69, 9.17) is 14.2 Å². The number of esters is 1. The van der Waals surface area contributed by atoms with Crippen LogP contribution in [-0.2, 0) is 9.53 Å². The van der Waals surface area contributed by atoms with E-state index in [2.05, 4.69) is 36.2 Å². The zero-order valence-electron chi connectivity index (χ0n) is 16.8. The number of carbonyl (C=O) groups is 2. The fraction of sp³-hybridized carbons (Fsp3) is 0.364.